The number of esters is 1. The van der Waals surface area contributed by atoms with Gasteiger partial charge in [0.25, 0.3) is 5.91 Å². The van der Waals surface area contributed by atoms with E-state index in [2.05, 4.69) is 5.32 Å². The molecule has 0 fully saturated rings. The van der Waals surface area contributed by atoms with Gasteiger partial charge >= 0.3 is 5.97 Å². The van der Waals surface area contributed by atoms with Crippen molar-refractivity contribution in [1.29, 1.82) is 0 Å². The predicted molar refractivity (Wildman–Crippen MR) is 132 cm³/mol. The van der Waals surface area contributed by atoms with Crippen LogP contribution in [-0.4, -0.2) is 45.9 Å². The summed E-state index contributed by atoms with van der Waals surface area (Å²) in [6.07, 6.45) is 0. The molecule has 0 radical (unpaired) electrons. The highest BCUT2D eigenvalue weighted by molar-refractivity contribution is 6.31. The van der Waals surface area contributed by atoms with E-state index >= 15 is 0 Å². The Hall–Kier alpha value is -3.91. The first-order valence-corrected chi connectivity index (χ1v) is 11.1. The van der Waals surface area contributed by atoms with E-state index in [-0.39, 0.29) is 31.1 Å². The Morgan fingerprint density at radius 3 is 2.26 bits per heavy atom. The van der Waals surface area contributed by atoms with Gasteiger partial charge in [-0.25, -0.2) is 4.79 Å². The van der Waals surface area contributed by atoms with Crippen LogP contribution in [0.15, 0.2) is 60.7 Å². The lowest BCUT2D eigenvalue weighted by molar-refractivity contribution is -0.118. The first kappa shape index (κ1) is 25.7. The molecular weight excluding hydrogens is 474 g/mol. The molecule has 0 aliphatic rings. The van der Waals surface area contributed by atoms with E-state index < -0.39 is 11.9 Å². The Bertz CT molecular complexity index is 1160. The Morgan fingerprint density at radius 1 is 0.829 bits per heavy atom. The van der Waals surface area contributed by atoms with E-state index in [1.165, 1.54) is 32.4 Å². The number of anilines is 1. The normalized spacial score (nSPS) is 10.3. The van der Waals surface area contributed by atoms with Gasteiger partial charge in [-0.05, 0) is 55.5 Å². The van der Waals surface area contributed by atoms with E-state index in [0.717, 1.165) is 5.56 Å². The Balaban J connectivity index is 1.51. The largest absolute Gasteiger partial charge is 0.495 e. The number of ether oxygens (including phenoxy) is 5. The average molecular weight is 500 g/mol. The third-order valence-corrected chi connectivity index (χ3v) is 5.04. The van der Waals surface area contributed by atoms with E-state index in [1.54, 1.807) is 18.2 Å². The number of methoxy groups -OCH3 is 2. The molecule has 1 N–H and O–H groups in total. The molecule has 184 valence electrons. The lowest BCUT2D eigenvalue weighted by Gasteiger charge is -2.13. The lowest BCUT2D eigenvalue weighted by Crippen LogP contribution is -2.20. The molecule has 0 atom stereocenters. The average Bonchev–Trinajstić information content (AvgIpc) is 2.86. The maximum Gasteiger partial charge on any atom is 0.338 e. The smallest absolute Gasteiger partial charge is 0.338 e. The van der Waals surface area contributed by atoms with E-state index in [4.69, 9.17) is 35.3 Å². The number of benzene rings is 3. The number of amides is 1. The molecule has 8 nitrogen and oxygen atoms in total. The topological polar surface area (TPSA) is 92.3 Å². The van der Waals surface area contributed by atoms with Crippen LogP contribution in [0.2, 0.25) is 5.02 Å². The van der Waals surface area contributed by atoms with Crippen molar-refractivity contribution in [3.63, 3.8) is 0 Å². The zero-order chi connectivity index (χ0) is 25.2. The summed E-state index contributed by atoms with van der Waals surface area (Å²) in [5, 5.41) is 3.13. The summed E-state index contributed by atoms with van der Waals surface area (Å²) in [7, 11) is 2.92. The number of aryl methyl sites for hydroxylation is 1. The molecule has 0 saturated carbocycles. The molecule has 0 saturated heterocycles. The highest BCUT2D eigenvalue weighted by Gasteiger charge is 2.15. The molecular formula is C26H26ClNO7. The minimum absolute atomic E-state index is 0.0837. The van der Waals surface area contributed by atoms with Crippen LogP contribution in [0.1, 0.15) is 15.9 Å². The Morgan fingerprint density at radius 2 is 1.54 bits per heavy atom. The molecule has 3 rings (SSSR count). The fraction of sp³-hybridized carbons (Fsp3) is 0.231. The standard InChI is InChI=1S/C26H26ClNO7/c1-17-4-8-20(9-5-17)33-12-13-34-26(30)18-6-10-23(24(14-18)32-3)35-16-25(29)28-21-15-19(27)7-11-22(21)31-2/h4-11,14-15H,12-13,16H2,1-3H3,(H,28,29). The fourth-order valence-corrected chi connectivity index (χ4v) is 3.21. The van der Waals surface area contributed by atoms with Crippen molar-refractivity contribution in [1.82, 2.24) is 0 Å². The SMILES string of the molecule is COc1ccc(Cl)cc1NC(=O)COc1ccc(C(=O)OCCOc2ccc(C)cc2)cc1OC. The van der Waals surface area contributed by atoms with Gasteiger partial charge in [-0.3, -0.25) is 4.79 Å². The lowest BCUT2D eigenvalue weighted by atomic mass is 10.2. The summed E-state index contributed by atoms with van der Waals surface area (Å²) in [5.74, 6) is 0.779. The number of hydrogen-bond acceptors (Lipinski definition) is 7. The number of carbonyl (C=O) groups excluding carboxylic acids is 2. The van der Waals surface area contributed by atoms with Crippen LogP contribution >= 0.6 is 11.6 Å². The van der Waals surface area contributed by atoms with Crippen molar-refractivity contribution in [3.05, 3.63) is 76.8 Å². The molecule has 0 aliphatic heterocycles. The molecule has 9 heteroatoms. The van der Waals surface area contributed by atoms with Gasteiger partial charge in [0, 0.05) is 5.02 Å². The zero-order valence-electron chi connectivity index (χ0n) is 19.6. The van der Waals surface area contributed by atoms with Crippen LogP contribution < -0.4 is 24.3 Å². The zero-order valence-corrected chi connectivity index (χ0v) is 20.4. The van der Waals surface area contributed by atoms with Gasteiger partial charge < -0.3 is 29.0 Å². The molecule has 0 aromatic heterocycles. The minimum atomic E-state index is -0.534. The number of carbonyl (C=O) groups is 2. The van der Waals surface area contributed by atoms with Crippen molar-refractivity contribution in [2.24, 2.45) is 0 Å². The van der Waals surface area contributed by atoms with Crippen LogP contribution in [0, 0.1) is 6.92 Å². The van der Waals surface area contributed by atoms with Crippen LogP contribution in [-0.2, 0) is 9.53 Å². The molecule has 0 unspecified atom stereocenters. The third kappa shape index (κ3) is 7.55. The van der Waals surface area contributed by atoms with E-state index in [1.807, 2.05) is 31.2 Å². The fourth-order valence-electron chi connectivity index (χ4n) is 3.03. The van der Waals surface area contributed by atoms with E-state index in [0.29, 0.717) is 28.0 Å². The maximum absolute atomic E-state index is 12.4. The second-order valence-electron chi connectivity index (χ2n) is 7.34. The van der Waals surface area contributed by atoms with Crippen molar-refractivity contribution in [2.45, 2.75) is 6.92 Å². The van der Waals surface area contributed by atoms with Gasteiger partial charge in [-0.15, -0.1) is 0 Å². The van der Waals surface area contributed by atoms with Crippen molar-refractivity contribution in [3.8, 4) is 23.0 Å². The quantitative estimate of drug-likeness (QED) is 0.296. The summed E-state index contributed by atoms with van der Waals surface area (Å²) < 4.78 is 26.9. The van der Waals surface area contributed by atoms with Gasteiger partial charge in [-0.1, -0.05) is 29.3 Å². The third-order valence-electron chi connectivity index (χ3n) is 4.80. The molecule has 0 bridgehead atoms. The molecule has 35 heavy (non-hydrogen) atoms. The molecule has 1 amide bonds. The molecule has 3 aromatic rings. The maximum atomic E-state index is 12.4. The van der Waals surface area contributed by atoms with Crippen molar-refractivity contribution < 1.29 is 33.3 Å². The number of halogens is 1. The minimum Gasteiger partial charge on any atom is -0.495 e. The van der Waals surface area contributed by atoms with Crippen LogP contribution in [0.4, 0.5) is 5.69 Å². The molecule has 0 aliphatic carbocycles. The molecule has 0 spiro atoms. The summed E-state index contributed by atoms with van der Waals surface area (Å²) in [5.41, 5.74) is 1.83. The van der Waals surface area contributed by atoms with Crippen LogP contribution in [0.3, 0.4) is 0 Å². The molecule has 0 heterocycles. The second kappa shape index (κ2) is 12.5. The summed E-state index contributed by atoms with van der Waals surface area (Å²) in [4.78, 5) is 24.7. The molecule has 3 aromatic carbocycles. The predicted octanol–water partition coefficient (Wildman–Crippen LogP) is 4.92. The van der Waals surface area contributed by atoms with Gasteiger partial charge in [0.2, 0.25) is 0 Å². The van der Waals surface area contributed by atoms with Crippen LogP contribution in [0.25, 0.3) is 0 Å². The van der Waals surface area contributed by atoms with Gasteiger partial charge in [0.05, 0.1) is 25.5 Å². The Kier molecular flexibility index (Phi) is 9.20. The highest BCUT2D eigenvalue weighted by Crippen LogP contribution is 2.30. The summed E-state index contributed by atoms with van der Waals surface area (Å²) in [6.45, 7) is 2.00. The monoisotopic (exact) mass is 499 g/mol. The van der Waals surface area contributed by atoms with Crippen molar-refractivity contribution in [2.75, 3.05) is 39.4 Å². The van der Waals surface area contributed by atoms with E-state index in [9.17, 15) is 9.59 Å². The first-order chi connectivity index (χ1) is 16.9. The number of nitrogens with one attached hydrogen (secondary N) is 1. The number of hydrogen-bond donors (Lipinski definition) is 1. The summed E-state index contributed by atoms with van der Waals surface area (Å²) >= 11 is 5.98. The number of rotatable bonds is 11. The van der Waals surface area contributed by atoms with Crippen molar-refractivity contribution >= 4 is 29.2 Å². The van der Waals surface area contributed by atoms with Gasteiger partial charge in [-0.2, -0.15) is 0 Å². The first-order valence-electron chi connectivity index (χ1n) is 10.7. The second-order valence-corrected chi connectivity index (χ2v) is 7.78. The van der Waals surface area contributed by atoms with Crippen LogP contribution in [0.5, 0.6) is 23.0 Å². The van der Waals surface area contributed by atoms with Gasteiger partial charge in [0.1, 0.15) is 24.7 Å². The Labute approximate surface area is 208 Å². The summed E-state index contributed by atoms with van der Waals surface area (Å²) in [6, 6.07) is 17.0. The van der Waals surface area contributed by atoms with Gasteiger partial charge in [0.15, 0.2) is 18.1 Å². The highest BCUT2D eigenvalue weighted by atomic mass is 35.5.